The van der Waals surface area contributed by atoms with E-state index in [9.17, 15) is 4.79 Å². The number of aliphatic hydroxyl groups is 1. The maximum atomic E-state index is 11.7. The van der Waals surface area contributed by atoms with Crippen molar-refractivity contribution in [2.24, 2.45) is 0 Å². The van der Waals surface area contributed by atoms with E-state index in [0.717, 1.165) is 25.2 Å². The summed E-state index contributed by atoms with van der Waals surface area (Å²) < 4.78 is 2.04. The monoisotopic (exact) mass is 253 g/mol. The quantitative estimate of drug-likeness (QED) is 0.732. The van der Waals surface area contributed by atoms with Gasteiger partial charge in [-0.05, 0) is 26.2 Å². The molecular weight excluding hydrogens is 230 g/mol. The number of nitrogens with one attached hydrogen (secondary N) is 1. The van der Waals surface area contributed by atoms with E-state index in [1.165, 1.54) is 0 Å². The van der Waals surface area contributed by atoms with Crippen molar-refractivity contribution in [3.63, 3.8) is 0 Å². The van der Waals surface area contributed by atoms with Gasteiger partial charge in [-0.25, -0.2) is 4.98 Å². The molecule has 18 heavy (non-hydrogen) atoms. The van der Waals surface area contributed by atoms with Gasteiger partial charge in [-0.15, -0.1) is 0 Å². The third kappa shape index (κ3) is 4.87. The molecule has 1 unspecified atom stereocenters. The van der Waals surface area contributed by atoms with Gasteiger partial charge in [-0.3, -0.25) is 4.79 Å². The number of hydrogen-bond acceptors (Lipinski definition) is 3. The molecule has 1 aromatic rings. The van der Waals surface area contributed by atoms with Crippen LogP contribution in [0, 0.1) is 6.92 Å². The summed E-state index contributed by atoms with van der Waals surface area (Å²) in [6.45, 7) is 4.90. The molecule has 0 aromatic carbocycles. The summed E-state index contributed by atoms with van der Waals surface area (Å²) in [7, 11) is 0. The van der Waals surface area contributed by atoms with Crippen LogP contribution in [0.3, 0.4) is 0 Å². The van der Waals surface area contributed by atoms with Gasteiger partial charge in [0.05, 0.1) is 0 Å². The number of aryl methyl sites for hydroxylation is 2. The largest absolute Gasteiger partial charge is 0.396 e. The number of carbonyl (C=O) groups excluding carboxylic acids is 1. The lowest BCUT2D eigenvalue weighted by molar-refractivity contribution is -0.122. The number of hydrogen-bond donors (Lipinski definition) is 2. The Balaban J connectivity index is 2.22. The smallest absolute Gasteiger partial charge is 0.220 e. The molecule has 0 radical (unpaired) electrons. The number of imidazole rings is 1. The molecule has 1 heterocycles. The number of nitrogens with zero attached hydrogens (tertiary/aromatic N) is 2. The van der Waals surface area contributed by atoms with Crippen LogP contribution in [0.1, 0.15) is 38.4 Å². The van der Waals surface area contributed by atoms with Gasteiger partial charge in [-0.1, -0.05) is 6.92 Å². The average Bonchev–Trinajstić information content (AvgIpc) is 2.74. The van der Waals surface area contributed by atoms with Crippen LogP contribution in [0.5, 0.6) is 0 Å². The second-order valence-electron chi connectivity index (χ2n) is 4.46. The van der Waals surface area contributed by atoms with Gasteiger partial charge in [0.1, 0.15) is 5.82 Å². The van der Waals surface area contributed by atoms with Crippen molar-refractivity contribution in [2.45, 2.75) is 52.1 Å². The van der Waals surface area contributed by atoms with Gasteiger partial charge in [0.25, 0.3) is 0 Å². The molecule has 102 valence electrons. The van der Waals surface area contributed by atoms with Gasteiger partial charge >= 0.3 is 0 Å². The third-order valence-corrected chi connectivity index (χ3v) is 3.06. The van der Waals surface area contributed by atoms with Crippen LogP contribution in [0.2, 0.25) is 0 Å². The lowest BCUT2D eigenvalue weighted by Crippen LogP contribution is -2.35. The highest BCUT2D eigenvalue weighted by Crippen LogP contribution is 2.02. The van der Waals surface area contributed by atoms with Crippen LogP contribution in [0.15, 0.2) is 12.4 Å². The predicted molar refractivity (Wildman–Crippen MR) is 70.1 cm³/mol. The van der Waals surface area contributed by atoms with Crippen LogP contribution in [0.4, 0.5) is 0 Å². The predicted octanol–water partition coefficient (Wildman–Crippen LogP) is 1.25. The number of carbonyl (C=O) groups is 1. The average molecular weight is 253 g/mol. The zero-order valence-corrected chi connectivity index (χ0v) is 11.2. The first-order valence-corrected chi connectivity index (χ1v) is 6.55. The van der Waals surface area contributed by atoms with Crippen LogP contribution < -0.4 is 5.32 Å². The summed E-state index contributed by atoms with van der Waals surface area (Å²) in [5.41, 5.74) is 0. The van der Waals surface area contributed by atoms with Crippen LogP contribution in [-0.4, -0.2) is 33.2 Å². The molecule has 0 saturated heterocycles. The van der Waals surface area contributed by atoms with Gasteiger partial charge in [0, 0.05) is 38.0 Å². The molecule has 0 aliphatic rings. The first-order chi connectivity index (χ1) is 8.67. The van der Waals surface area contributed by atoms with E-state index in [2.05, 4.69) is 10.3 Å². The van der Waals surface area contributed by atoms with Gasteiger partial charge < -0.3 is 15.0 Å². The Morgan fingerprint density at radius 2 is 2.39 bits per heavy atom. The molecule has 1 aromatic heterocycles. The van der Waals surface area contributed by atoms with Crippen molar-refractivity contribution >= 4 is 5.91 Å². The molecule has 0 fully saturated rings. The van der Waals surface area contributed by atoms with Gasteiger partial charge in [0.15, 0.2) is 0 Å². The minimum Gasteiger partial charge on any atom is -0.396 e. The van der Waals surface area contributed by atoms with Crippen molar-refractivity contribution in [2.75, 3.05) is 6.61 Å². The van der Waals surface area contributed by atoms with E-state index in [0.29, 0.717) is 12.8 Å². The number of aromatic nitrogens is 2. The summed E-state index contributed by atoms with van der Waals surface area (Å²) >= 11 is 0. The van der Waals surface area contributed by atoms with Crippen molar-refractivity contribution in [3.8, 4) is 0 Å². The molecule has 1 amide bonds. The number of aliphatic hydroxyl groups excluding tert-OH is 1. The van der Waals surface area contributed by atoms with Crippen molar-refractivity contribution in [1.29, 1.82) is 0 Å². The normalized spacial score (nSPS) is 12.4. The molecule has 1 atom stereocenters. The van der Waals surface area contributed by atoms with E-state index in [1.807, 2.05) is 24.6 Å². The van der Waals surface area contributed by atoms with E-state index < -0.39 is 0 Å². The Kier molecular flexibility index (Phi) is 6.43. The second kappa shape index (κ2) is 7.87. The van der Waals surface area contributed by atoms with Gasteiger partial charge in [-0.2, -0.15) is 0 Å². The summed E-state index contributed by atoms with van der Waals surface area (Å²) in [5, 5.41) is 11.8. The molecule has 5 nitrogen and oxygen atoms in total. The summed E-state index contributed by atoms with van der Waals surface area (Å²) in [6, 6.07) is 0.0949. The zero-order valence-electron chi connectivity index (χ0n) is 11.2. The topological polar surface area (TPSA) is 67.2 Å². The molecule has 0 saturated carbocycles. The highest BCUT2D eigenvalue weighted by Gasteiger charge is 2.09. The summed E-state index contributed by atoms with van der Waals surface area (Å²) in [4.78, 5) is 15.8. The van der Waals surface area contributed by atoms with Crippen LogP contribution in [-0.2, 0) is 11.3 Å². The molecule has 0 aliphatic carbocycles. The molecule has 0 aliphatic heterocycles. The van der Waals surface area contributed by atoms with Crippen molar-refractivity contribution in [1.82, 2.24) is 14.9 Å². The molecule has 0 bridgehead atoms. The first kappa shape index (κ1) is 14.7. The maximum absolute atomic E-state index is 11.7. The Labute approximate surface area is 108 Å². The summed E-state index contributed by atoms with van der Waals surface area (Å²) in [6.07, 6.45) is 6.49. The van der Waals surface area contributed by atoms with E-state index in [-0.39, 0.29) is 18.6 Å². The Bertz CT molecular complexity index is 363. The number of rotatable bonds is 8. The third-order valence-electron chi connectivity index (χ3n) is 3.06. The fraction of sp³-hybridized carbons (Fsp3) is 0.692. The van der Waals surface area contributed by atoms with Crippen molar-refractivity contribution < 1.29 is 9.90 Å². The van der Waals surface area contributed by atoms with Crippen LogP contribution in [0.25, 0.3) is 0 Å². The SMILES string of the molecule is CCC(CCO)NC(=O)CCCn1ccnc1C. The fourth-order valence-electron chi connectivity index (χ4n) is 1.88. The zero-order chi connectivity index (χ0) is 13.4. The minimum atomic E-state index is 0.0630. The molecule has 1 rings (SSSR count). The van der Waals surface area contributed by atoms with E-state index in [1.54, 1.807) is 6.20 Å². The molecule has 5 heteroatoms. The Hall–Kier alpha value is -1.36. The highest BCUT2D eigenvalue weighted by molar-refractivity contribution is 5.76. The summed E-state index contributed by atoms with van der Waals surface area (Å²) in [5.74, 6) is 1.04. The maximum Gasteiger partial charge on any atom is 0.220 e. The molecule has 0 spiro atoms. The minimum absolute atomic E-state index is 0.0630. The number of amides is 1. The Morgan fingerprint density at radius 1 is 1.61 bits per heavy atom. The molecule has 2 N–H and O–H groups in total. The standard InChI is InChI=1S/C13H23N3O2/c1-3-12(6-10-17)15-13(18)5-4-8-16-9-7-14-11(16)2/h7,9,12,17H,3-6,8,10H2,1-2H3,(H,15,18). The Morgan fingerprint density at radius 3 is 2.94 bits per heavy atom. The highest BCUT2D eigenvalue weighted by atomic mass is 16.3. The fourth-order valence-corrected chi connectivity index (χ4v) is 1.88. The first-order valence-electron chi connectivity index (χ1n) is 6.55. The lowest BCUT2D eigenvalue weighted by atomic mass is 10.1. The van der Waals surface area contributed by atoms with Crippen molar-refractivity contribution in [3.05, 3.63) is 18.2 Å². The molecular formula is C13H23N3O2. The van der Waals surface area contributed by atoms with E-state index in [4.69, 9.17) is 5.11 Å². The lowest BCUT2D eigenvalue weighted by Gasteiger charge is -2.15. The van der Waals surface area contributed by atoms with Gasteiger partial charge in [0.2, 0.25) is 5.91 Å². The van der Waals surface area contributed by atoms with Crippen LogP contribution >= 0.6 is 0 Å². The second-order valence-corrected chi connectivity index (χ2v) is 4.46. The van der Waals surface area contributed by atoms with E-state index >= 15 is 0 Å².